The number of hydrogen-bond acceptors (Lipinski definition) is 6. The number of pyridine rings is 1. The van der Waals surface area contributed by atoms with Crippen LogP contribution in [0.4, 0.5) is 0 Å². The first-order valence-corrected chi connectivity index (χ1v) is 14.0. The van der Waals surface area contributed by atoms with E-state index in [1.54, 1.807) is 0 Å². The van der Waals surface area contributed by atoms with Gasteiger partial charge in [-0.05, 0) is 71.3 Å². The van der Waals surface area contributed by atoms with Gasteiger partial charge in [-0.15, -0.1) is 5.10 Å². The Labute approximate surface area is 233 Å². The lowest BCUT2D eigenvalue weighted by atomic mass is 10.0. The van der Waals surface area contributed by atoms with Crippen LogP contribution >= 0.6 is 0 Å². The molecule has 6 rings (SSSR count). The minimum atomic E-state index is -0.464. The molecule has 0 radical (unpaired) electrons. The summed E-state index contributed by atoms with van der Waals surface area (Å²) in [4.78, 5) is 19.2. The van der Waals surface area contributed by atoms with Gasteiger partial charge in [-0.2, -0.15) is 0 Å². The van der Waals surface area contributed by atoms with Crippen LogP contribution in [0.25, 0.3) is 10.9 Å². The smallest absolute Gasteiger partial charge is 0.253 e. The Morgan fingerprint density at radius 1 is 1.02 bits per heavy atom. The molecule has 1 saturated heterocycles. The highest BCUT2D eigenvalue weighted by molar-refractivity contribution is 5.79. The molecule has 1 N–H and O–H groups in total. The van der Waals surface area contributed by atoms with E-state index in [0.29, 0.717) is 31.0 Å². The number of fused-ring (bicyclic) bond motifs is 1. The fraction of sp³-hybridized carbons (Fsp3) is 0.312. The molecule has 3 aromatic carbocycles. The number of ether oxygens (including phenoxy) is 1. The molecule has 0 unspecified atom stereocenters. The Morgan fingerprint density at radius 3 is 2.55 bits per heavy atom. The highest BCUT2D eigenvalue weighted by Crippen LogP contribution is 2.29. The van der Waals surface area contributed by atoms with Crippen molar-refractivity contribution in [2.24, 2.45) is 0 Å². The van der Waals surface area contributed by atoms with Gasteiger partial charge in [0.1, 0.15) is 6.04 Å². The first-order valence-electron chi connectivity index (χ1n) is 14.0. The highest BCUT2D eigenvalue weighted by atomic mass is 16.5. The van der Waals surface area contributed by atoms with Gasteiger partial charge in [-0.25, -0.2) is 4.68 Å². The van der Waals surface area contributed by atoms with Gasteiger partial charge in [-0.1, -0.05) is 72.3 Å². The Balaban J connectivity index is 1.47. The second kappa shape index (κ2) is 11.9. The monoisotopic (exact) mass is 534 g/mol. The molecule has 0 saturated carbocycles. The maximum atomic E-state index is 13.8. The molecule has 0 aliphatic carbocycles. The molecule has 1 aliphatic heterocycles. The predicted octanol–water partition coefficient (Wildman–Crippen LogP) is 4.84. The molecule has 8 nitrogen and oxygen atoms in total. The number of aromatic nitrogens is 5. The van der Waals surface area contributed by atoms with E-state index in [1.807, 2.05) is 47.1 Å². The summed E-state index contributed by atoms with van der Waals surface area (Å²) >= 11 is 0. The van der Waals surface area contributed by atoms with Crippen LogP contribution in [0, 0.1) is 6.92 Å². The maximum Gasteiger partial charge on any atom is 0.253 e. The molecule has 0 amide bonds. The van der Waals surface area contributed by atoms with Crippen molar-refractivity contribution in [3.63, 3.8) is 0 Å². The minimum absolute atomic E-state index is 0.0623. The van der Waals surface area contributed by atoms with E-state index in [-0.39, 0.29) is 11.7 Å². The van der Waals surface area contributed by atoms with Gasteiger partial charge in [0.05, 0.1) is 12.6 Å². The van der Waals surface area contributed by atoms with Crippen LogP contribution in [0.15, 0.2) is 89.7 Å². The van der Waals surface area contributed by atoms with Crippen molar-refractivity contribution < 1.29 is 4.74 Å². The van der Waals surface area contributed by atoms with Gasteiger partial charge in [0, 0.05) is 30.8 Å². The summed E-state index contributed by atoms with van der Waals surface area (Å²) in [5, 5.41) is 14.0. The largest absolute Gasteiger partial charge is 0.376 e. The van der Waals surface area contributed by atoms with E-state index in [1.165, 1.54) is 5.56 Å². The summed E-state index contributed by atoms with van der Waals surface area (Å²) in [7, 11) is 0. The van der Waals surface area contributed by atoms with Crippen molar-refractivity contribution in [3.8, 4) is 0 Å². The summed E-state index contributed by atoms with van der Waals surface area (Å²) in [6, 6.07) is 28.4. The summed E-state index contributed by atoms with van der Waals surface area (Å²) in [5.41, 5.74) is 4.84. The number of nitrogens with one attached hydrogen (secondary N) is 1. The second-order valence-corrected chi connectivity index (χ2v) is 10.6. The fourth-order valence-electron chi connectivity index (χ4n) is 5.60. The maximum absolute atomic E-state index is 13.8. The molecule has 1 aliphatic rings. The normalized spacial score (nSPS) is 16.1. The van der Waals surface area contributed by atoms with Gasteiger partial charge >= 0.3 is 0 Å². The van der Waals surface area contributed by atoms with Crippen LogP contribution in [-0.4, -0.2) is 49.3 Å². The van der Waals surface area contributed by atoms with E-state index in [0.717, 1.165) is 47.9 Å². The van der Waals surface area contributed by atoms with Crippen molar-refractivity contribution in [2.45, 2.75) is 51.4 Å². The van der Waals surface area contributed by atoms with Gasteiger partial charge in [0.25, 0.3) is 5.56 Å². The van der Waals surface area contributed by atoms with Crippen molar-refractivity contribution in [1.29, 1.82) is 0 Å². The number of rotatable bonds is 10. The topological polar surface area (TPSA) is 88.9 Å². The minimum Gasteiger partial charge on any atom is -0.376 e. The average molecular weight is 535 g/mol. The zero-order valence-corrected chi connectivity index (χ0v) is 22.7. The third-order valence-corrected chi connectivity index (χ3v) is 7.65. The Morgan fingerprint density at radius 2 is 1.80 bits per heavy atom. The van der Waals surface area contributed by atoms with Crippen molar-refractivity contribution in [2.75, 3.05) is 13.2 Å². The van der Waals surface area contributed by atoms with Gasteiger partial charge in [-0.3, -0.25) is 9.69 Å². The fourth-order valence-corrected chi connectivity index (χ4v) is 5.60. The molecule has 8 heteroatoms. The molecule has 204 valence electrons. The summed E-state index contributed by atoms with van der Waals surface area (Å²) in [6.45, 7) is 4.72. The quantitative estimate of drug-likeness (QED) is 0.276. The number of benzene rings is 3. The van der Waals surface area contributed by atoms with E-state index in [4.69, 9.17) is 4.74 Å². The van der Waals surface area contributed by atoms with Crippen LogP contribution in [-0.2, 0) is 24.2 Å². The first-order chi connectivity index (χ1) is 19.6. The molecule has 40 heavy (non-hydrogen) atoms. The first kappa shape index (κ1) is 26.1. The van der Waals surface area contributed by atoms with E-state index < -0.39 is 6.04 Å². The number of nitrogens with zero attached hydrogens (tertiary/aromatic N) is 5. The Bertz CT molecular complexity index is 1610. The second-order valence-electron chi connectivity index (χ2n) is 10.6. The van der Waals surface area contributed by atoms with Crippen LogP contribution in [0.5, 0.6) is 0 Å². The van der Waals surface area contributed by atoms with Crippen molar-refractivity contribution in [1.82, 2.24) is 30.1 Å². The zero-order valence-electron chi connectivity index (χ0n) is 22.7. The molecular weight excluding hydrogens is 500 g/mol. The molecule has 0 spiro atoms. The van der Waals surface area contributed by atoms with Gasteiger partial charge < -0.3 is 9.72 Å². The van der Waals surface area contributed by atoms with E-state index in [2.05, 4.69) is 74.8 Å². The molecule has 2 atom stereocenters. The molecule has 0 bridgehead atoms. The van der Waals surface area contributed by atoms with Gasteiger partial charge in [0.15, 0.2) is 5.82 Å². The number of aryl methyl sites for hydroxylation is 1. The SMILES string of the molecule is Cc1ccc2[nH]c(=O)c([C@H](c3nnnn3C[C@@H]3CCCO3)N(CCc3ccccc3)Cc3ccccc3)cc2c1. The number of tetrazole rings is 1. The van der Waals surface area contributed by atoms with E-state index >= 15 is 0 Å². The van der Waals surface area contributed by atoms with Crippen LogP contribution < -0.4 is 5.56 Å². The Kier molecular flexibility index (Phi) is 7.79. The third kappa shape index (κ3) is 5.88. The molecule has 3 heterocycles. The molecule has 2 aromatic heterocycles. The lowest BCUT2D eigenvalue weighted by molar-refractivity contribution is 0.0906. The Hall–Kier alpha value is -4.14. The average Bonchev–Trinajstić information content (AvgIpc) is 3.66. The highest BCUT2D eigenvalue weighted by Gasteiger charge is 2.32. The summed E-state index contributed by atoms with van der Waals surface area (Å²) in [5.74, 6) is 0.650. The molecular formula is C32H34N6O2. The standard InChI is InChI=1S/C32H34N6O2/c1-23-14-15-29-26(19-23)20-28(32(39)33-29)30(31-34-35-36-38(31)22-27-13-8-18-40-27)37(21-25-11-6-3-7-12-25)17-16-24-9-4-2-5-10-24/h2-7,9-12,14-15,19-20,27,30H,8,13,16-18,21-22H2,1H3,(H,33,39)/t27-,30+/m0/s1. The van der Waals surface area contributed by atoms with Gasteiger partial charge in [0.2, 0.25) is 0 Å². The number of H-pyrrole nitrogens is 1. The van der Waals surface area contributed by atoms with E-state index in [9.17, 15) is 4.79 Å². The predicted molar refractivity (Wildman–Crippen MR) is 155 cm³/mol. The van der Waals surface area contributed by atoms with Crippen molar-refractivity contribution >= 4 is 10.9 Å². The number of hydrogen-bond donors (Lipinski definition) is 1. The summed E-state index contributed by atoms with van der Waals surface area (Å²) in [6.07, 6.45) is 2.89. The zero-order chi connectivity index (χ0) is 27.3. The lowest BCUT2D eigenvalue weighted by Crippen LogP contribution is -2.37. The third-order valence-electron chi connectivity index (χ3n) is 7.65. The molecule has 1 fully saturated rings. The molecule has 5 aromatic rings. The lowest BCUT2D eigenvalue weighted by Gasteiger charge is -2.31. The number of aromatic amines is 1. The summed E-state index contributed by atoms with van der Waals surface area (Å²) < 4.78 is 7.76. The van der Waals surface area contributed by atoms with Crippen LogP contribution in [0.1, 0.15) is 47.0 Å². The van der Waals surface area contributed by atoms with Crippen molar-refractivity contribution in [3.05, 3.63) is 123 Å². The van der Waals surface area contributed by atoms with Crippen LogP contribution in [0.2, 0.25) is 0 Å². The van der Waals surface area contributed by atoms with Crippen LogP contribution in [0.3, 0.4) is 0 Å².